The SMILES string of the molecule is CC(C)(C)OC(=O)N1CCC[C@H]1C(=O)O.CC(C)(C)OC(=O)N1CCC[C@H]1CN.CC(C)(C)OC(=O)N1CCC[C@H]1CN=[N+]=[N-].Cc1cc(C)c(OC[C@@H]2CCCN2C(=O)OC(C)(C)C)c(C)c1. The van der Waals surface area contributed by atoms with E-state index in [1.165, 1.54) is 10.5 Å². The lowest BCUT2D eigenvalue weighted by Gasteiger charge is -2.28. The average molecular weight is 961 g/mol. The molecule has 0 radical (unpaired) electrons. The number of benzene rings is 1. The van der Waals surface area contributed by atoms with Gasteiger partial charge in [-0.25, -0.2) is 24.0 Å². The third kappa shape index (κ3) is 21.0. The van der Waals surface area contributed by atoms with Crippen LogP contribution in [-0.2, 0) is 23.7 Å². The van der Waals surface area contributed by atoms with Crippen molar-refractivity contribution in [3.05, 3.63) is 39.3 Å². The second-order valence-electron chi connectivity index (χ2n) is 21.8. The molecular weight excluding hydrogens is 877 g/mol. The molecule has 0 saturated carbocycles. The first-order valence-electron chi connectivity index (χ1n) is 24.0. The highest BCUT2D eigenvalue weighted by Gasteiger charge is 2.37. The lowest BCUT2D eigenvalue weighted by Crippen LogP contribution is -2.43. The first-order chi connectivity index (χ1) is 31.4. The molecule has 19 nitrogen and oxygen atoms in total. The number of amides is 4. The number of nitrogens with two attached hydrogens (primary N) is 1. The van der Waals surface area contributed by atoms with Crippen LogP contribution in [0.5, 0.6) is 5.75 Å². The summed E-state index contributed by atoms with van der Waals surface area (Å²) < 4.78 is 27.3. The van der Waals surface area contributed by atoms with Crippen molar-refractivity contribution >= 4 is 30.3 Å². The zero-order valence-corrected chi connectivity index (χ0v) is 43.8. The summed E-state index contributed by atoms with van der Waals surface area (Å²) in [5.41, 5.74) is 15.4. The number of carboxylic acid groups (broad SMARTS) is 1. The van der Waals surface area contributed by atoms with Gasteiger partial charge in [0.25, 0.3) is 0 Å². The highest BCUT2D eigenvalue weighted by molar-refractivity contribution is 5.80. The number of rotatable bonds is 7. The van der Waals surface area contributed by atoms with Crippen molar-refractivity contribution in [2.45, 2.75) is 202 Å². The highest BCUT2D eigenvalue weighted by Crippen LogP contribution is 2.28. The quantitative estimate of drug-likeness (QED) is 0.112. The van der Waals surface area contributed by atoms with Crippen LogP contribution in [0.3, 0.4) is 0 Å². The van der Waals surface area contributed by atoms with Crippen molar-refractivity contribution in [1.29, 1.82) is 0 Å². The van der Waals surface area contributed by atoms with Crippen LogP contribution in [0.1, 0.15) is 151 Å². The Morgan fingerprint density at radius 1 is 0.618 bits per heavy atom. The van der Waals surface area contributed by atoms with Crippen LogP contribution >= 0.6 is 0 Å². The van der Waals surface area contributed by atoms with Gasteiger partial charge < -0.3 is 49.2 Å². The van der Waals surface area contributed by atoms with Gasteiger partial charge in [-0.1, -0.05) is 22.8 Å². The van der Waals surface area contributed by atoms with E-state index in [1.54, 1.807) is 30.6 Å². The Morgan fingerprint density at radius 2 is 0.971 bits per heavy atom. The number of ether oxygens (including phenoxy) is 5. The van der Waals surface area contributed by atoms with E-state index < -0.39 is 40.5 Å². The van der Waals surface area contributed by atoms with Crippen LogP contribution in [0.4, 0.5) is 19.2 Å². The van der Waals surface area contributed by atoms with Crippen molar-refractivity contribution in [1.82, 2.24) is 19.6 Å². The molecular formula is C49H84N8O11. The molecule has 0 bridgehead atoms. The fourth-order valence-electron chi connectivity index (χ4n) is 8.07. The Morgan fingerprint density at radius 3 is 1.37 bits per heavy atom. The Balaban J connectivity index is 0.000000318. The van der Waals surface area contributed by atoms with Gasteiger partial charge in [-0.05, 0) is 172 Å². The molecule has 0 aromatic heterocycles. The van der Waals surface area contributed by atoms with Gasteiger partial charge in [0.05, 0.1) is 6.04 Å². The van der Waals surface area contributed by atoms with Gasteiger partial charge in [0.15, 0.2) is 0 Å². The lowest BCUT2D eigenvalue weighted by atomic mass is 10.1. The van der Waals surface area contributed by atoms with Gasteiger partial charge in [-0.2, -0.15) is 0 Å². The summed E-state index contributed by atoms with van der Waals surface area (Å²) >= 11 is 0. The summed E-state index contributed by atoms with van der Waals surface area (Å²) in [6.07, 6.45) is 5.70. The Kier molecular flexibility index (Phi) is 22.5. The summed E-state index contributed by atoms with van der Waals surface area (Å²) in [5.74, 6) is -0.0232. The van der Waals surface area contributed by atoms with Gasteiger partial charge in [0, 0.05) is 56.3 Å². The summed E-state index contributed by atoms with van der Waals surface area (Å²) in [4.78, 5) is 67.4. The predicted octanol–water partition coefficient (Wildman–Crippen LogP) is 9.90. The topological polar surface area (TPSA) is 239 Å². The van der Waals surface area contributed by atoms with Crippen molar-refractivity contribution in [2.24, 2.45) is 10.8 Å². The minimum Gasteiger partial charge on any atom is -0.491 e. The molecule has 4 atom stereocenters. The van der Waals surface area contributed by atoms with Gasteiger partial charge in [-0.3, -0.25) is 4.90 Å². The van der Waals surface area contributed by atoms with Crippen molar-refractivity contribution in [3.63, 3.8) is 0 Å². The minimum atomic E-state index is -0.960. The molecule has 0 aliphatic carbocycles. The van der Waals surface area contributed by atoms with Crippen LogP contribution in [0, 0.1) is 20.8 Å². The van der Waals surface area contributed by atoms with Crippen molar-refractivity contribution in [3.8, 4) is 5.75 Å². The lowest BCUT2D eigenvalue weighted by molar-refractivity contribution is -0.142. The van der Waals surface area contributed by atoms with E-state index >= 15 is 0 Å². The van der Waals surface area contributed by atoms with Gasteiger partial charge in [0.1, 0.15) is 40.8 Å². The molecule has 68 heavy (non-hydrogen) atoms. The molecule has 3 N–H and O–H groups in total. The molecule has 386 valence electrons. The maximum atomic E-state index is 12.3. The summed E-state index contributed by atoms with van der Waals surface area (Å²) in [6.45, 7) is 32.4. The largest absolute Gasteiger partial charge is 0.491 e. The number of aryl methyl sites for hydroxylation is 3. The Bertz CT molecular complexity index is 1860. The molecule has 5 rings (SSSR count). The Hall–Kier alpha value is -5.16. The van der Waals surface area contributed by atoms with Crippen molar-refractivity contribution in [2.75, 3.05) is 45.9 Å². The molecule has 1 aromatic carbocycles. The number of carboxylic acids is 1. The number of hydrogen-bond acceptors (Lipinski definition) is 12. The van der Waals surface area contributed by atoms with Crippen LogP contribution in [-0.4, -0.2) is 147 Å². The van der Waals surface area contributed by atoms with E-state index in [4.69, 9.17) is 40.1 Å². The first kappa shape index (κ1) is 59.0. The zero-order valence-electron chi connectivity index (χ0n) is 43.8. The molecule has 4 aliphatic rings. The number of carbonyl (C=O) groups excluding carboxylic acids is 4. The molecule has 4 aliphatic heterocycles. The molecule has 1 aromatic rings. The fraction of sp³-hybridized carbons (Fsp3) is 0.776. The number of aliphatic carboxylic acids is 1. The zero-order chi connectivity index (χ0) is 51.8. The molecule has 0 unspecified atom stereocenters. The van der Waals surface area contributed by atoms with Crippen LogP contribution < -0.4 is 10.5 Å². The van der Waals surface area contributed by atoms with Crippen LogP contribution in [0.2, 0.25) is 0 Å². The van der Waals surface area contributed by atoms with E-state index in [-0.39, 0.29) is 36.4 Å². The molecule has 0 spiro atoms. The van der Waals surface area contributed by atoms with E-state index in [2.05, 4.69) is 42.9 Å². The molecule has 4 saturated heterocycles. The van der Waals surface area contributed by atoms with E-state index in [9.17, 15) is 24.0 Å². The monoisotopic (exact) mass is 961 g/mol. The third-order valence-corrected chi connectivity index (χ3v) is 10.8. The van der Waals surface area contributed by atoms with Crippen LogP contribution in [0.25, 0.3) is 10.4 Å². The normalized spacial score (nSPS) is 20.4. The van der Waals surface area contributed by atoms with Gasteiger partial charge in [-0.15, -0.1) is 0 Å². The number of hydrogen-bond donors (Lipinski definition) is 2. The summed E-state index contributed by atoms with van der Waals surface area (Å²) in [5, 5.41) is 12.4. The molecule has 4 fully saturated rings. The van der Waals surface area contributed by atoms with Gasteiger partial charge in [0.2, 0.25) is 0 Å². The Labute approximate surface area is 405 Å². The van der Waals surface area contributed by atoms with Crippen molar-refractivity contribution < 1.29 is 52.8 Å². The number of nitrogens with zero attached hydrogens (tertiary/aromatic N) is 7. The predicted molar refractivity (Wildman–Crippen MR) is 261 cm³/mol. The fourth-order valence-corrected chi connectivity index (χ4v) is 8.07. The maximum absolute atomic E-state index is 12.3. The molecule has 4 amide bonds. The summed E-state index contributed by atoms with van der Waals surface area (Å²) in [6, 6.07) is 3.78. The molecule has 4 heterocycles. The van der Waals surface area contributed by atoms with Crippen LogP contribution in [0.15, 0.2) is 17.2 Å². The first-order valence-corrected chi connectivity index (χ1v) is 24.0. The van der Waals surface area contributed by atoms with E-state index in [0.29, 0.717) is 39.2 Å². The minimum absolute atomic E-state index is 0.00856. The number of carbonyl (C=O) groups is 5. The smallest absolute Gasteiger partial charge is 0.411 e. The average Bonchev–Trinajstić information content (AvgIpc) is 4.02. The molecule has 19 heteroatoms. The van der Waals surface area contributed by atoms with E-state index in [0.717, 1.165) is 74.9 Å². The number of azide groups is 1. The number of likely N-dealkylation sites (tertiary alicyclic amines) is 4. The van der Waals surface area contributed by atoms with E-state index in [1.807, 2.05) is 67.2 Å². The second-order valence-corrected chi connectivity index (χ2v) is 21.8. The highest BCUT2D eigenvalue weighted by atomic mass is 16.6. The third-order valence-electron chi connectivity index (χ3n) is 10.8. The summed E-state index contributed by atoms with van der Waals surface area (Å²) in [7, 11) is 0. The van der Waals surface area contributed by atoms with Gasteiger partial charge >= 0.3 is 30.3 Å². The second kappa shape index (κ2) is 26.0. The maximum Gasteiger partial charge on any atom is 0.411 e. The standard InChI is InChI=1S/C19H29NO3.C10H18N4O2.C10H20N2O2.C10H17NO4/c1-13-10-14(2)17(15(3)11-13)22-12-16-8-7-9-20(16)18(21)23-19(4,5)6;1-10(2,3)16-9(15)14-6-4-5-8(14)7-12-13-11;1-10(2,3)14-9(13)12-6-4-5-8(12)7-11;1-10(2,3)15-9(14)11-6-4-5-7(11)8(12)13/h10-11,16H,7-9,12H2,1-6H3;8H,4-7H2,1-3H3;8H,4-7,11H2,1-3H3;7H,4-6H2,1-3H3,(H,12,13)/t16-;2*8-;7-/m0000/s1.